The lowest BCUT2D eigenvalue weighted by Crippen LogP contribution is -2.13. The van der Waals surface area contributed by atoms with Gasteiger partial charge in [0, 0.05) is 19.8 Å². The van der Waals surface area contributed by atoms with Crippen molar-refractivity contribution in [1.29, 1.82) is 0 Å². The van der Waals surface area contributed by atoms with E-state index in [-0.39, 0.29) is 11.3 Å². The van der Waals surface area contributed by atoms with Crippen LogP contribution in [0, 0.1) is 13.7 Å². The minimum Gasteiger partial charge on any atom is -0.436 e. The fourth-order valence-electron chi connectivity index (χ4n) is 2.81. The number of nitrogens with zero attached hydrogens (tertiary/aromatic N) is 2. The Kier molecular flexibility index (Phi) is 5.33. The molecule has 0 fully saturated rings. The summed E-state index contributed by atoms with van der Waals surface area (Å²) in [4.78, 5) is 27.6. The van der Waals surface area contributed by atoms with Crippen LogP contribution in [-0.2, 0) is 0 Å². The number of para-hydroxylation sites is 1. The van der Waals surface area contributed by atoms with E-state index in [1.54, 1.807) is 24.3 Å². The monoisotopic (exact) mass is 563 g/mol. The number of carbonyl (C=O) groups excluding carboxylic acids is 1. The number of fused-ring (bicyclic) bond motifs is 1. The molecule has 0 atom stereocenters. The van der Waals surface area contributed by atoms with E-state index in [9.17, 15) is 14.9 Å². The zero-order valence-corrected chi connectivity index (χ0v) is 18.3. The molecule has 4 rings (SSSR count). The van der Waals surface area contributed by atoms with Crippen molar-refractivity contribution in [2.75, 3.05) is 5.32 Å². The van der Waals surface area contributed by atoms with E-state index in [1.807, 2.05) is 18.2 Å². The largest absolute Gasteiger partial charge is 0.436 e. The van der Waals surface area contributed by atoms with Crippen LogP contribution in [0.5, 0.6) is 0 Å². The topological polar surface area (TPSA) is 98.3 Å². The Hall–Kier alpha value is -2.79. The van der Waals surface area contributed by atoms with Gasteiger partial charge in [0.2, 0.25) is 5.89 Å². The van der Waals surface area contributed by atoms with Crippen LogP contribution >= 0.6 is 38.5 Å². The lowest BCUT2D eigenvalue weighted by atomic mass is 10.1. The molecule has 1 aromatic heterocycles. The van der Waals surface area contributed by atoms with Crippen molar-refractivity contribution < 1.29 is 14.1 Å². The van der Waals surface area contributed by atoms with Gasteiger partial charge in [0.15, 0.2) is 5.58 Å². The lowest BCUT2D eigenvalue weighted by Gasteiger charge is -2.05. The van der Waals surface area contributed by atoms with Crippen molar-refractivity contribution in [1.82, 2.24) is 4.98 Å². The van der Waals surface area contributed by atoms with Crippen LogP contribution in [0.1, 0.15) is 10.4 Å². The van der Waals surface area contributed by atoms with E-state index in [4.69, 9.17) is 4.42 Å². The van der Waals surface area contributed by atoms with Gasteiger partial charge < -0.3 is 9.73 Å². The van der Waals surface area contributed by atoms with Gasteiger partial charge in [-0.1, -0.05) is 12.1 Å². The predicted molar refractivity (Wildman–Crippen MR) is 121 cm³/mol. The van der Waals surface area contributed by atoms with Crippen LogP contribution in [0.2, 0.25) is 0 Å². The number of oxazole rings is 1. The molecule has 29 heavy (non-hydrogen) atoms. The second-order valence-electron chi connectivity index (χ2n) is 6.05. The first-order valence-corrected chi connectivity index (χ1v) is 10.2. The summed E-state index contributed by atoms with van der Waals surface area (Å²) in [5.74, 6) is -0.117. The zero-order chi connectivity index (χ0) is 20.5. The summed E-state index contributed by atoms with van der Waals surface area (Å²) < 4.78 is 7.74. The molecular weight excluding hydrogens is 553 g/mol. The molecule has 0 unspecified atom stereocenters. The number of benzene rings is 3. The first-order valence-electron chi connectivity index (χ1n) is 8.33. The van der Waals surface area contributed by atoms with Crippen molar-refractivity contribution in [2.45, 2.75) is 0 Å². The summed E-state index contributed by atoms with van der Waals surface area (Å²) in [6, 6.07) is 16.7. The molecule has 0 spiro atoms. The van der Waals surface area contributed by atoms with Crippen molar-refractivity contribution in [3.8, 4) is 11.5 Å². The second kappa shape index (κ2) is 7.91. The fourth-order valence-corrected chi connectivity index (χ4v) is 3.71. The van der Waals surface area contributed by atoms with Crippen molar-refractivity contribution in [2.24, 2.45) is 0 Å². The number of amides is 1. The number of aromatic nitrogens is 1. The Balaban J connectivity index is 1.66. The third-order valence-corrected chi connectivity index (χ3v) is 5.51. The Morgan fingerprint density at radius 2 is 1.93 bits per heavy atom. The second-order valence-corrected chi connectivity index (χ2v) is 8.15. The molecule has 7 nitrogen and oxygen atoms in total. The Labute approximate surface area is 186 Å². The Morgan fingerprint density at radius 1 is 1.14 bits per heavy atom. The molecule has 0 aliphatic rings. The van der Waals surface area contributed by atoms with Crippen LogP contribution < -0.4 is 5.32 Å². The van der Waals surface area contributed by atoms with Gasteiger partial charge in [-0.15, -0.1) is 0 Å². The third kappa shape index (κ3) is 4.01. The maximum Gasteiger partial charge on any atom is 0.282 e. The number of carbonyl (C=O) groups is 1. The van der Waals surface area contributed by atoms with Crippen LogP contribution in [0.15, 0.2) is 69.6 Å². The van der Waals surface area contributed by atoms with Crippen LogP contribution in [0.3, 0.4) is 0 Å². The van der Waals surface area contributed by atoms with Gasteiger partial charge >= 0.3 is 0 Å². The number of halogens is 2. The highest BCUT2D eigenvalue weighted by molar-refractivity contribution is 14.1. The molecule has 1 heterocycles. The highest BCUT2D eigenvalue weighted by Gasteiger charge is 2.20. The Morgan fingerprint density at radius 3 is 2.72 bits per heavy atom. The molecule has 0 saturated heterocycles. The standard InChI is InChI=1S/C20H11BrIN3O4/c21-15-7-5-11(22)9-14(15)20-24-16-10-12(6-8-18(16)29-20)23-19(26)13-3-1-2-4-17(13)25(27)28/h1-10H,(H,23,26). The third-order valence-electron chi connectivity index (χ3n) is 4.15. The molecule has 4 aromatic rings. The molecule has 0 aliphatic heterocycles. The van der Waals surface area contributed by atoms with Gasteiger partial charge in [-0.3, -0.25) is 14.9 Å². The summed E-state index contributed by atoms with van der Waals surface area (Å²) in [7, 11) is 0. The average Bonchev–Trinajstić information content (AvgIpc) is 3.13. The van der Waals surface area contributed by atoms with Crippen LogP contribution in [0.25, 0.3) is 22.6 Å². The van der Waals surface area contributed by atoms with Crippen molar-refractivity contribution in [3.05, 3.63) is 84.4 Å². The quantitative estimate of drug-likeness (QED) is 0.186. The summed E-state index contributed by atoms with van der Waals surface area (Å²) in [6.07, 6.45) is 0. The number of nitro benzene ring substituents is 1. The maximum atomic E-state index is 12.5. The van der Waals surface area contributed by atoms with Crippen molar-refractivity contribution in [3.63, 3.8) is 0 Å². The van der Waals surface area contributed by atoms with Crippen molar-refractivity contribution >= 4 is 66.9 Å². The van der Waals surface area contributed by atoms with Gasteiger partial charge in [0.1, 0.15) is 11.1 Å². The number of rotatable bonds is 4. The minimum atomic E-state index is -0.582. The number of hydrogen-bond donors (Lipinski definition) is 1. The number of hydrogen-bond acceptors (Lipinski definition) is 5. The smallest absolute Gasteiger partial charge is 0.282 e. The molecule has 0 radical (unpaired) electrons. The van der Waals surface area contributed by atoms with E-state index in [2.05, 4.69) is 48.8 Å². The number of nitro groups is 1. The number of anilines is 1. The van der Waals surface area contributed by atoms with Gasteiger partial charge in [0.25, 0.3) is 11.6 Å². The summed E-state index contributed by atoms with van der Waals surface area (Å²) in [5, 5.41) is 13.8. The average molecular weight is 564 g/mol. The molecular formula is C20H11BrIN3O4. The summed E-state index contributed by atoms with van der Waals surface area (Å²) >= 11 is 5.71. The molecule has 9 heteroatoms. The lowest BCUT2D eigenvalue weighted by molar-refractivity contribution is -0.385. The van der Waals surface area contributed by atoms with E-state index in [0.717, 1.165) is 13.6 Å². The van der Waals surface area contributed by atoms with Crippen LogP contribution in [0.4, 0.5) is 11.4 Å². The molecule has 144 valence electrons. The van der Waals surface area contributed by atoms with E-state index in [0.29, 0.717) is 22.7 Å². The molecule has 3 aromatic carbocycles. The molecule has 1 N–H and O–H groups in total. The zero-order valence-electron chi connectivity index (χ0n) is 14.6. The van der Waals surface area contributed by atoms with E-state index in [1.165, 1.54) is 18.2 Å². The number of nitrogens with one attached hydrogen (secondary N) is 1. The first-order chi connectivity index (χ1) is 13.9. The van der Waals surface area contributed by atoms with Gasteiger partial charge in [-0.25, -0.2) is 4.98 Å². The van der Waals surface area contributed by atoms with Gasteiger partial charge in [0.05, 0.1) is 10.5 Å². The Bertz CT molecular complexity index is 1270. The normalized spacial score (nSPS) is 10.8. The van der Waals surface area contributed by atoms with Gasteiger partial charge in [-0.05, 0) is 81.0 Å². The minimum absolute atomic E-state index is 0.0127. The van der Waals surface area contributed by atoms with Gasteiger partial charge in [-0.2, -0.15) is 0 Å². The fraction of sp³-hybridized carbons (Fsp3) is 0. The highest BCUT2D eigenvalue weighted by atomic mass is 127. The highest BCUT2D eigenvalue weighted by Crippen LogP contribution is 2.32. The summed E-state index contributed by atoms with van der Waals surface area (Å²) in [6.45, 7) is 0. The maximum absolute atomic E-state index is 12.5. The van der Waals surface area contributed by atoms with Crippen LogP contribution in [-0.4, -0.2) is 15.8 Å². The molecule has 0 bridgehead atoms. The molecule has 1 amide bonds. The SMILES string of the molecule is O=C(Nc1ccc2oc(-c3cc(I)ccc3Br)nc2c1)c1ccccc1[N+](=O)[O-]. The van der Waals surface area contributed by atoms with E-state index >= 15 is 0 Å². The molecule has 0 aliphatic carbocycles. The molecule has 0 saturated carbocycles. The first kappa shape index (κ1) is 19.5. The predicted octanol–water partition coefficient (Wildman–Crippen LogP) is 6.02. The van der Waals surface area contributed by atoms with E-state index < -0.39 is 10.8 Å². The summed E-state index contributed by atoms with van der Waals surface area (Å²) in [5.41, 5.74) is 2.14.